The molecule has 0 aliphatic carbocycles. The predicted octanol–water partition coefficient (Wildman–Crippen LogP) is -3.76. The van der Waals surface area contributed by atoms with Crippen molar-refractivity contribution in [3.05, 3.63) is 0 Å². The van der Waals surface area contributed by atoms with Crippen LogP contribution in [0.1, 0.15) is 0 Å². The zero-order valence-electron chi connectivity index (χ0n) is 2.12. The summed E-state index contributed by atoms with van der Waals surface area (Å²) in [4.78, 5) is 0. The quantitative estimate of drug-likeness (QED) is 0.313. The monoisotopic (exact) mass is 268 g/mol. The van der Waals surface area contributed by atoms with Crippen molar-refractivity contribution in [3.8, 4) is 0 Å². The zero-order chi connectivity index (χ0) is 0. The molecule has 4 heavy (non-hydrogen) atoms. The van der Waals surface area contributed by atoms with Crippen molar-refractivity contribution < 1.29 is 0 Å². The van der Waals surface area contributed by atoms with Crippen LogP contribution in [0, 0.1) is 0 Å². The Kier molecular flexibility index (Phi) is 184. The van der Waals surface area contributed by atoms with E-state index in [2.05, 4.69) is 0 Å². The molecule has 0 bridgehead atoms. The van der Waals surface area contributed by atoms with E-state index in [1.807, 2.05) is 0 Å². The standard InChI is InChI=1S/AsH3.H3P.Sb.H4Si.3H/h2*1H3;;1H4;;;. The van der Waals surface area contributed by atoms with Crippen LogP contribution in [0.15, 0.2) is 0 Å². The molecule has 0 nitrogen and oxygen atoms in total. The van der Waals surface area contributed by atoms with Crippen LogP contribution in [0.2, 0.25) is 0 Å². The van der Waals surface area contributed by atoms with Crippen molar-refractivity contribution in [1.29, 1.82) is 0 Å². The van der Waals surface area contributed by atoms with E-state index < -0.39 is 0 Å². The Morgan fingerprint density at radius 1 is 1.00 bits per heavy atom. The summed E-state index contributed by atoms with van der Waals surface area (Å²) in [7, 11) is 0. The van der Waals surface area contributed by atoms with Gasteiger partial charge in [0.2, 0.25) is 0 Å². The third kappa shape index (κ3) is 8.98. The molecule has 0 rings (SSSR count). The van der Waals surface area contributed by atoms with Crippen LogP contribution in [0.25, 0.3) is 0 Å². The maximum atomic E-state index is 0. The number of hydrogen-bond donors (Lipinski definition) is 0. The fraction of sp³-hybridized carbons (Fsp3) is 0. The molecule has 32 valence electrons. The molecule has 4 heteroatoms. The summed E-state index contributed by atoms with van der Waals surface area (Å²) in [6.45, 7) is 0. The zero-order valence-corrected chi connectivity index (χ0v) is 10.5. The summed E-state index contributed by atoms with van der Waals surface area (Å²) in [5.41, 5.74) is 0. The van der Waals surface area contributed by atoms with Crippen molar-refractivity contribution in [2.24, 2.45) is 0 Å². The smallest absolute Gasteiger partial charge is 0.0149 e. The molecule has 0 amide bonds. The first-order valence-corrected chi connectivity index (χ1v) is 0. The molecule has 0 aromatic carbocycles. The van der Waals surface area contributed by atoms with Crippen LogP contribution in [-0.4, -0.2) is 53.3 Å². The summed E-state index contributed by atoms with van der Waals surface area (Å²) in [6, 6.07) is 0. The van der Waals surface area contributed by atoms with E-state index in [0.717, 1.165) is 0 Å². The summed E-state index contributed by atoms with van der Waals surface area (Å²) >= 11 is 0. The van der Waals surface area contributed by atoms with Gasteiger partial charge in [-0.1, -0.05) is 0 Å². The third-order valence-corrected chi connectivity index (χ3v) is 0. The van der Waals surface area contributed by atoms with Gasteiger partial charge in [-0.05, 0) is 11.0 Å². The maximum absolute atomic E-state index is 0. The summed E-state index contributed by atoms with van der Waals surface area (Å²) in [5.74, 6) is 0. The van der Waals surface area contributed by atoms with Gasteiger partial charge in [0.05, 0.1) is 0 Å². The van der Waals surface area contributed by atoms with Gasteiger partial charge >= 0.3 is 42.4 Å². The Balaban J connectivity index is 0. The molecule has 0 aliphatic rings. The average molecular weight is 269 g/mol. The third-order valence-electron chi connectivity index (χ3n) is 0. The van der Waals surface area contributed by atoms with Gasteiger partial charge in [0.25, 0.3) is 0 Å². The molecule has 0 aromatic heterocycles. The molecule has 0 radical (unpaired) electrons. The SMILES string of the molecule is P.[AsH3].[SbH3].[SiH4]. The molecule has 0 aromatic rings. The van der Waals surface area contributed by atoms with Crippen LogP contribution in [0.5, 0.6) is 0 Å². The van der Waals surface area contributed by atoms with E-state index in [0.29, 0.717) is 0 Å². The second-order valence-electron chi connectivity index (χ2n) is 0. The summed E-state index contributed by atoms with van der Waals surface area (Å²) in [6.07, 6.45) is 0. The van der Waals surface area contributed by atoms with Crippen molar-refractivity contribution in [2.75, 3.05) is 0 Å². The second-order valence-corrected chi connectivity index (χ2v) is 0. The molecule has 0 spiro atoms. The molecular weight excluding hydrogens is 256 g/mol. The van der Waals surface area contributed by atoms with E-state index in [4.69, 9.17) is 0 Å². The van der Waals surface area contributed by atoms with Crippen molar-refractivity contribution in [1.82, 2.24) is 0 Å². The second kappa shape index (κ2) is 19.9. The van der Waals surface area contributed by atoms with Gasteiger partial charge in [-0.25, -0.2) is 0 Å². The van der Waals surface area contributed by atoms with Crippen LogP contribution in [0.4, 0.5) is 0 Å². The van der Waals surface area contributed by atoms with Gasteiger partial charge in [0.1, 0.15) is 0 Å². The van der Waals surface area contributed by atoms with Crippen molar-refractivity contribution in [3.63, 3.8) is 0 Å². The maximum Gasteiger partial charge on any atom is -0.0149 e. The normalized spacial score (nSPS) is 0. The molecule has 0 saturated carbocycles. The summed E-state index contributed by atoms with van der Waals surface area (Å²) in [5, 5.41) is 0. The van der Waals surface area contributed by atoms with Crippen LogP contribution < -0.4 is 0 Å². The van der Waals surface area contributed by atoms with Gasteiger partial charge in [0, 0.05) is 0 Å². The Morgan fingerprint density at radius 2 is 1.00 bits per heavy atom. The average Bonchev–Trinajstić information content (AvgIpc) is 0. The Hall–Kier alpha value is 2.02. The minimum absolute atomic E-state index is 0. The number of rotatable bonds is 0. The molecular formula is H13AsPSbSi. The van der Waals surface area contributed by atoms with Crippen LogP contribution in [0.3, 0.4) is 0 Å². The molecule has 0 aliphatic heterocycles. The Labute approximate surface area is 62.9 Å². The molecule has 0 N–H and O–H groups in total. The van der Waals surface area contributed by atoms with Crippen LogP contribution in [-0.2, 0) is 0 Å². The summed E-state index contributed by atoms with van der Waals surface area (Å²) < 4.78 is 0. The Morgan fingerprint density at radius 3 is 1.00 bits per heavy atom. The fourth-order valence-electron chi connectivity index (χ4n) is 0. The van der Waals surface area contributed by atoms with Gasteiger partial charge in [-0.15, -0.1) is 0 Å². The van der Waals surface area contributed by atoms with E-state index >= 15 is 0 Å². The first-order valence-electron chi connectivity index (χ1n) is 0. The Bertz CT molecular complexity index is 8.00. The largest absolute Gasteiger partial charge is 0.0149 e. The van der Waals surface area contributed by atoms with Crippen molar-refractivity contribution >= 4 is 63.2 Å². The first-order chi connectivity index (χ1) is 0. The molecule has 0 saturated heterocycles. The van der Waals surface area contributed by atoms with E-state index in [-0.39, 0.29) is 63.2 Å². The minimum Gasteiger partial charge on any atom is -0.0149 e. The van der Waals surface area contributed by atoms with E-state index in [1.165, 1.54) is 0 Å². The van der Waals surface area contributed by atoms with Gasteiger partial charge in [-0.3, -0.25) is 0 Å². The van der Waals surface area contributed by atoms with E-state index in [1.54, 1.807) is 0 Å². The molecule has 0 heterocycles. The minimum atomic E-state index is 0. The van der Waals surface area contributed by atoms with Gasteiger partial charge in [0.15, 0.2) is 0 Å². The first kappa shape index (κ1) is 37.1. The fourth-order valence-corrected chi connectivity index (χ4v) is 0. The predicted molar refractivity (Wildman–Crippen MR) is 42.3 cm³/mol. The molecule has 0 fully saturated rings. The van der Waals surface area contributed by atoms with Gasteiger partial charge < -0.3 is 0 Å². The van der Waals surface area contributed by atoms with Crippen LogP contribution >= 0.6 is 9.90 Å². The molecule has 2 unspecified atom stereocenters. The van der Waals surface area contributed by atoms with E-state index in [9.17, 15) is 0 Å². The van der Waals surface area contributed by atoms with Crippen molar-refractivity contribution in [2.45, 2.75) is 0 Å². The molecule has 2 atom stereocenters. The topological polar surface area (TPSA) is 0 Å². The van der Waals surface area contributed by atoms with Gasteiger partial charge in [-0.2, -0.15) is 9.90 Å². The number of hydrogen-bond acceptors (Lipinski definition) is 0.